The number of hydrogen-bond donors (Lipinski definition) is 0. The summed E-state index contributed by atoms with van der Waals surface area (Å²) < 4.78 is 15.9. The normalized spacial score (nSPS) is 11.7. The lowest BCUT2D eigenvalue weighted by Crippen LogP contribution is -2.10. The van der Waals surface area contributed by atoms with Gasteiger partial charge >= 0.3 is 5.97 Å². The lowest BCUT2D eigenvalue weighted by atomic mass is 10.2. The molecule has 1 atom stereocenters. The van der Waals surface area contributed by atoms with Crippen LogP contribution in [0.3, 0.4) is 0 Å². The minimum atomic E-state index is -0.849. The second-order valence-corrected chi connectivity index (χ2v) is 6.05. The van der Waals surface area contributed by atoms with Gasteiger partial charge in [-0.1, -0.05) is 11.6 Å². The van der Waals surface area contributed by atoms with Gasteiger partial charge in [0, 0.05) is 17.7 Å². The zero-order valence-electron chi connectivity index (χ0n) is 14.8. The van der Waals surface area contributed by atoms with Crippen molar-refractivity contribution in [3.63, 3.8) is 0 Å². The summed E-state index contributed by atoms with van der Waals surface area (Å²) >= 11 is 5.94. The van der Waals surface area contributed by atoms with E-state index in [1.807, 2.05) is 0 Å². The number of carbonyl (C=O) groups is 1. The van der Waals surface area contributed by atoms with Crippen LogP contribution in [-0.4, -0.2) is 28.2 Å². The molecule has 0 aliphatic heterocycles. The Morgan fingerprint density at radius 2 is 1.93 bits per heavy atom. The lowest BCUT2D eigenvalue weighted by molar-refractivity contribution is -0.384. The van der Waals surface area contributed by atoms with Gasteiger partial charge in [-0.25, -0.2) is 4.79 Å². The molecular weight excluding hydrogens is 390 g/mol. The fourth-order valence-electron chi connectivity index (χ4n) is 2.31. The molecule has 3 aromatic rings. The Bertz CT molecular complexity index is 1020. The molecule has 144 valence electrons. The van der Waals surface area contributed by atoms with Gasteiger partial charge in [-0.2, -0.15) is 0 Å². The number of halogens is 1. The van der Waals surface area contributed by atoms with Crippen LogP contribution in [0.25, 0.3) is 11.5 Å². The number of aromatic nitrogens is 2. The quantitative estimate of drug-likeness (QED) is 0.341. The maximum Gasteiger partial charge on any atom is 0.340 e. The van der Waals surface area contributed by atoms with Crippen LogP contribution in [0.1, 0.15) is 29.3 Å². The number of non-ortho nitro benzene ring substituents is 1. The summed E-state index contributed by atoms with van der Waals surface area (Å²) in [5.74, 6) is 0.272. The fourth-order valence-corrected chi connectivity index (χ4v) is 2.56. The average molecular weight is 404 g/mol. The van der Waals surface area contributed by atoms with Crippen molar-refractivity contribution < 1.29 is 23.6 Å². The van der Waals surface area contributed by atoms with Crippen LogP contribution in [-0.2, 0) is 4.74 Å². The van der Waals surface area contributed by atoms with Crippen molar-refractivity contribution in [3.05, 3.63) is 69.1 Å². The Morgan fingerprint density at radius 3 is 2.54 bits per heavy atom. The van der Waals surface area contributed by atoms with Crippen molar-refractivity contribution in [2.45, 2.75) is 13.0 Å². The van der Waals surface area contributed by atoms with E-state index in [2.05, 4.69) is 10.2 Å². The zero-order valence-corrected chi connectivity index (χ0v) is 15.5. The van der Waals surface area contributed by atoms with Crippen molar-refractivity contribution in [2.75, 3.05) is 7.11 Å². The number of rotatable bonds is 6. The summed E-state index contributed by atoms with van der Waals surface area (Å²) in [5.41, 5.74) is 0.445. The summed E-state index contributed by atoms with van der Waals surface area (Å²) in [7, 11) is 1.56. The third kappa shape index (κ3) is 4.09. The van der Waals surface area contributed by atoms with E-state index in [0.29, 0.717) is 11.3 Å². The van der Waals surface area contributed by atoms with Gasteiger partial charge in [-0.05, 0) is 37.3 Å². The second kappa shape index (κ2) is 8.05. The minimum Gasteiger partial charge on any atom is -0.497 e. The Balaban J connectivity index is 1.72. The molecule has 0 N–H and O–H groups in total. The number of methoxy groups -OCH3 is 1. The molecule has 0 spiro atoms. The minimum absolute atomic E-state index is 0.00555. The van der Waals surface area contributed by atoms with E-state index in [1.165, 1.54) is 12.1 Å². The molecule has 0 saturated carbocycles. The lowest BCUT2D eigenvalue weighted by Gasteiger charge is -2.10. The van der Waals surface area contributed by atoms with E-state index in [4.69, 9.17) is 25.5 Å². The largest absolute Gasteiger partial charge is 0.497 e. The van der Waals surface area contributed by atoms with Crippen molar-refractivity contribution in [3.8, 4) is 17.2 Å². The summed E-state index contributed by atoms with van der Waals surface area (Å²) in [4.78, 5) is 22.4. The predicted octanol–water partition coefficient (Wildman–Crippen LogP) is 4.22. The molecule has 0 bridgehead atoms. The second-order valence-electron chi connectivity index (χ2n) is 5.64. The molecule has 1 heterocycles. The highest BCUT2D eigenvalue weighted by Gasteiger charge is 2.22. The van der Waals surface area contributed by atoms with Crippen LogP contribution in [0, 0.1) is 10.1 Å². The molecular formula is C18H14ClN3O6. The third-order valence-corrected chi connectivity index (χ3v) is 4.11. The maximum absolute atomic E-state index is 12.3. The van der Waals surface area contributed by atoms with Gasteiger partial charge in [-0.15, -0.1) is 10.2 Å². The highest BCUT2D eigenvalue weighted by molar-refractivity contribution is 6.33. The molecule has 3 rings (SSSR count). The van der Waals surface area contributed by atoms with Crippen molar-refractivity contribution in [2.24, 2.45) is 0 Å². The number of hydrogen-bond acceptors (Lipinski definition) is 8. The topological polar surface area (TPSA) is 118 Å². The first kappa shape index (κ1) is 19.3. The molecule has 0 amide bonds. The van der Waals surface area contributed by atoms with Crippen molar-refractivity contribution in [1.82, 2.24) is 10.2 Å². The Kier molecular flexibility index (Phi) is 5.55. The number of nitro groups is 1. The van der Waals surface area contributed by atoms with Crippen LogP contribution < -0.4 is 4.74 Å². The highest BCUT2D eigenvalue weighted by atomic mass is 35.5. The number of nitrogens with zero attached hydrogens (tertiary/aromatic N) is 3. The first-order chi connectivity index (χ1) is 13.4. The highest BCUT2D eigenvalue weighted by Crippen LogP contribution is 2.27. The monoisotopic (exact) mass is 403 g/mol. The molecule has 28 heavy (non-hydrogen) atoms. The number of carbonyl (C=O) groups excluding carboxylic acids is 1. The van der Waals surface area contributed by atoms with Crippen LogP contribution in [0.5, 0.6) is 5.75 Å². The predicted molar refractivity (Wildman–Crippen MR) is 98.2 cm³/mol. The molecule has 0 unspecified atom stereocenters. The van der Waals surface area contributed by atoms with Crippen LogP contribution in [0.15, 0.2) is 46.9 Å². The van der Waals surface area contributed by atoms with E-state index in [0.717, 1.165) is 6.07 Å². The van der Waals surface area contributed by atoms with E-state index >= 15 is 0 Å². The van der Waals surface area contributed by atoms with E-state index < -0.39 is 17.0 Å². The van der Waals surface area contributed by atoms with E-state index in [-0.39, 0.29) is 28.1 Å². The van der Waals surface area contributed by atoms with Gasteiger partial charge in [0.25, 0.3) is 11.6 Å². The average Bonchev–Trinajstić information content (AvgIpc) is 3.18. The Labute approximate surface area is 164 Å². The molecule has 0 aliphatic carbocycles. The molecule has 0 saturated heterocycles. The van der Waals surface area contributed by atoms with Crippen LogP contribution in [0.2, 0.25) is 5.02 Å². The van der Waals surface area contributed by atoms with Gasteiger partial charge in [0.2, 0.25) is 5.89 Å². The summed E-state index contributed by atoms with van der Waals surface area (Å²) in [5, 5.41) is 18.5. The maximum atomic E-state index is 12.3. The van der Waals surface area contributed by atoms with Gasteiger partial charge < -0.3 is 13.9 Å². The van der Waals surface area contributed by atoms with Crippen LogP contribution in [0.4, 0.5) is 5.69 Å². The molecule has 0 fully saturated rings. The first-order valence-electron chi connectivity index (χ1n) is 8.01. The van der Waals surface area contributed by atoms with Gasteiger partial charge in [0.1, 0.15) is 5.75 Å². The molecule has 0 radical (unpaired) electrons. The third-order valence-electron chi connectivity index (χ3n) is 3.79. The zero-order chi connectivity index (χ0) is 20.3. The number of nitro benzene ring substituents is 1. The fraction of sp³-hybridized carbons (Fsp3) is 0.167. The van der Waals surface area contributed by atoms with E-state index in [1.54, 1.807) is 38.3 Å². The number of benzene rings is 2. The van der Waals surface area contributed by atoms with Crippen LogP contribution >= 0.6 is 11.6 Å². The smallest absolute Gasteiger partial charge is 0.340 e. The molecule has 2 aromatic carbocycles. The first-order valence-corrected chi connectivity index (χ1v) is 8.39. The number of esters is 1. The van der Waals surface area contributed by atoms with Gasteiger partial charge in [0.15, 0.2) is 6.10 Å². The molecule has 10 heteroatoms. The summed E-state index contributed by atoms with van der Waals surface area (Å²) in [6, 6.07) is 10.5. The Morgan fingerprint density at radius 1 is 1.21 bits per heavy atom. The molecule has 1 aromatic heterocycles. The number of ether oxygens (including phenoxy) is 2. The van der Waals surface area contributed by atoms with Gasteiger partial charge in [-0.3, -0.25) is 10.1 Å². The standard InChI is InChI=1S/C18H14ClN3O6/c1-10(27-18(23)14-8-5-12(22(24)25)9-15(14)19)16-20-21-17(28-16)11-3-6-13(26-2)7-4-11/h3-10H,1-2H3/t10-/m1/s1. The summed E-state index contributed by atoms with van der Waals surface area (Å²) in [6.45, 7) is 1.56. The Hall–Kier alpha value is -3.46. The SMILES string of the molecule is COc1ccc(-c2nnc([C@@H](C)OC(=O)c3ccc([N+](=O)[O-])cc3Cl)o2)cc1. The molecule has 9 nitrogen and oxygen atoms in total. The van der Waals surface area contributed by atoms with E-state index in [9.17, 15) is 14.9 Å². The molecule has 0 aliphatic rings. The van der Waals surface area contributed by atoms with Gasteiger partial charge in [0.05, 0.1) is 22.6 Å². The summed E-state index contributed by atoms with van der Waals surface area (Å²) in [6.07, 6.45) is -0.849. The van der Waals surface area contributed by atoms with Crippen molar-refractivity contribution in [1.29, 1.82) is 0 Å². The van der Waals surface area contributed by atoms with Crippen molar-refractivity contribution >= 4 is 23.3 Å².